The Bertz CT molecular complexity index is 1020. The van der Waals surface area contributed by atoms with E-state index >= 15 is 0 Å². The third kappa shape index (κ3) is 4.88. The smallest absolute Gasteiger partial charge is 0.340 e. The van der Waals surface area contributed by atoms with Gasteiger partial charge in [-0.25, -0.2) is 4.79 Å². The minimum atomic E-state index is -0.453. The number of aryl methyl sites for hydroxylation is 2. The Labute approximate surface area is 181 Å². The van der Waals surface area contributed by atoms with Crippen LogP contribution in [-0.4, -0.2) is 39.5 Å². The molecule has 10 heteroatoms. The van der Waals surface area contributed by atoms with Crippen LogP contribution in [0.5, 0.6) is 0 Å². The van der Waals surface area contributed by atoms with Crippen molar-refractivity contribution in [3.63, 3.8) is 0 Å². The highest BCUT2D eigenvalue weighted by Gasteiger charge is 2.19. The van der Waals surface area contributed by atoms with Gasteiger partial charge in [-0.3, -0.25) is 4.79 Å². The fourth-order valence-electron chi connectivity index (χ4n) is 2.72. The molecule has 3 aromatic rings. The number of carbonyl (C=O) groups is 2. The predicted octanol–water partition coefficient (Wildman–Crippen LogP) is 4.48. The average Bonchev–Trinajstić information content (AvgIpc) is 3.43. The van der Waals surface area contributed by atoms with E-state index in [1.807, 2.05) is 18.4 Å². The zero-order chi connectivity index (χ0) is 21.0. The number of esters is 1. The number of hydrogen-bond acceptors (Lipinski definition) is 8. The fraction of sp³-hybridized carbons (Fsp3) is 0.368. The minimum absolute atomic E-state index is 0.167. The van der Waals surface area contributed by atoms with Gasteiger partial charge < -0.3 is 14.6 Å². The van der Waals surface area contributed by atoms with Gasteiger partial charge in [0.2, 0.25) is 5.91 Å². The van der Waals surface area contributed by atoms with E-state index in [9.17, 15) is 9.59 Å². The normalized spacial score (nSPS) is 10.9. The van der Waals surface area contributed by atoms with Crippen LogP contribution >= 0.6 is 34.4 Å². The highest BCUT2D eigenvalue weighted by molar-refractivity contribution is 7.99. The quantitative estimate of drug-likeness (QED) is 0.402. The molecule has 0 atom stereocenters. The number of hydrogen-bond donors (Lipinski definition) is 1. The molecule has 0 saturated heterocycles. The molecular formula is C19H22N4O3S3. The second-order valence-corrected chi connectivity index (χ2v) is 9.33. The zero-order valence-electron chi connectivity index (χ0n) is 16.6. The van der Waals surface area contributed by atoms with Gasteiger partial charge in [0.1, 0.15) is 5.00 Å². The highest BCUT2D eigenvalue weighted by atomic mass is 32.2. The molecule has 0 unspecified atom stereocenters. The lowest BCUT2D eigenvalue weighted by molar-refractivity contribution is -0.113. The first-order valence-electron chi connectivity index (χ1n) is 9.09. The number of rotatable bonds is 8. The summed E-state index contributed by atoms with van der Waals surface area (Å²) in [7, 11) is 1.33. The molecule has 0 aliphatic carbocycles. The van der Waals surface area contributed by atoms with Gasteiger partial charge in [0.25, 0.3) is 0 Å². The first-order valence-corrected chi connectivity index (χ1v) is 11.8. The van der Waals surface area contributed by atoms with E-state index in [1.54, 1.807) is 17.4 Å². The molecule has 1 N–H and O–H groups in total. The highest BCUT2D eigenvalue weighted by Crippen LogP contribution is 2.30. The van der Waals surface area contributed by atoms with E-state index in [1.165, 1.54) is 35.1 Å². The number of anilines is 1. The van der Waals surface area contributed by atoms with Crippen molar-refractivity contribution in [3.05, 3.63) is 32.8 Å². The number of nitrogens with one attached hydrogen (secondary N) is 1. The van der Waals surface area contributed by atoms with Crippen molar-refractivity contribution in [1.82, 2.24) is 14.8 Å². The molecule has 3 heterocycles. The number of thioether (sulfide) groups is 1. The van der Waals surface area contributed by atoms with Gasteiger partial charge in [0, 0.05) is 27.2 Å². The van der Waals surface area contributed by atoms with E-state index in [0.717, 1.165) is 22.7 Å². The summed E-state index contributed by atoms with van der Waals surface area (Å²) >= 11 is 4.38. The van der Waals surface area contributed by atoms with E-state index in [0.29, 0.717) is 22.3 Å². The van der Waals surface area contributed by atoms with Crippen LogP contribution in [0, 0.1) is 6.92 Å². The van der Waals surface area contributed by atoms with E-state index < -0.39 is 5.97 Å². The van der Waals surface area contributed by atoms with Crippen LogP contribution in [0.4, 0.5) is 5.00 Å². The number of amides is 1. The third-order valence-electron chi connectivity index (χ3n) is 4.14. The molecule has 1 amide bonds. The van der Waals surface area contributed by atoms with E-state index in [2.05, 4.69) is 33.9 Å². The number of carbonyl (C=O) groups excluding carboxylic acids is 2. The van der Waals surface area contributed by atoms with Gasteiger partial charge in [-0.2, -0.15) is 0 Å². The second-order valence-electron chi connectivity index (χ2n) is 6.13. The van der Waals surface area contributed by atoms with Gasteiger partial charge in [0.05, 0.1) is 18.4 Å². The van der Waals surface area contributed by atoms with Crippen molar-refractivity contribution in [2.75, 3.05) is 18.2 Å². The summed E-state index contributed by atoms with van der Waals surface area (Å²) in [6, 6.07) is 3.85. The Morgan fingerprint density at radius 3 is 2.69 bits per heavy atom. The summed E-state index contributed by atoms with van der Waals surface area (Å²) in [5.41, 5.74) is 1.42. The van der Waals surface area contributed by atoms with Crippen LogP contribution in [-0.2, 0) is 22.5 Å². The zero-order valence-corrected chi connectivity index (χ0v) is 19.1. The van der Waals surface area contributed by atoms with Gasteiger partial charge in [0.15, 0.2) is 11.0 Å². The molecule has 0 bridgehead atoms. The third-order valence-corrected chi connectivity index (χ3v) is 7.17. The molecule has 3 aromatic heterocycles. The molecule has 0 fully saturated rings. The van der Waals surface area contributed by atoms with Crippen LogP contribution in [0.1, 0.15) is 34.0 Å². The molecule has 0 aromatic carbocycles. The van der Waals surface area contributed by atoms with Crippen LogP contribution in [0.3, 0.4) is 0 Å². The van der Waals surface area contributed by atoms with Gasteiger partial charge in [-0.15, -0.1) is 32.9 Å². The molecule has 0 radical (unpaired) electrons. The predicted molar refractivity (Wildman–Crippen MR) is 118 cm³/mol. The fourth-order valence-corrected chi connectivity index (χ4v) is 5.20. The monoisotopic (exact) mass is 450 g/mol. The maximum atomic E-state index is 12.5. The Balaban J connectivity index is 1.70. The van der Waals surface area contributed by atoms with Crippen molar-refractivity contribution < 1.29 is 14.3 Å². The lowest BCUT2D eigenvalue weighted by atomic mass is 10.2. The molecule has 29 heavy (non-hydrogen) atoms. The topological polar surface area (TPSA) is 86.1 Å². The van der Waals surface area contributed by atoms with Crippen molar-refractivity contribution in [2.24, 2.45) is 0 Å². The SMILES string of the molecule is CCc1cc(C(=O)OC)c(NC(=O)CSc2nnc(-c3csc(C)c3)n2CC)s1. The maximum Gasteiger partial charge on any atom is 0.340 e. The molecule has 154 valence electrons. The Morgan fingerprint density at radius 2 is 2.07 bits per heavy atom. The van der Waals surface area contributed by atoms with Crippen LogP contribution in [0.25, 0.3) is 11.4 Å². The largest absolute Gasteiger partial charge is 0.465 e. The summed E-state index contributed by atoms with van der Waals surface area (Å²) in [6.07, 6.45) is 0.781. The lowest BCUT2D eigenvalue weighted by Gasteiger charge is -2.07. The van der Waals surface area contributed by atoms with Crippen LogP contribution < -0.4 is 5.32 Å². The molecule has 0 saturated carbocycles. The number of thiophene rings is 2. The van der Waals surface area contributed by atoms with E-state index in [4.69, 9.17) is 4.74 Å². The van der Waals surface area contributed by atoms with Gasteiger partial charge >= 0.3 is 5.97 Å². The molecule has 3 rings (SSSR count). The number of ether oxygens (including phenoxy) is 1. The number of methoxy groups -OCH3 is 1. The van der Waals surface area contributed by atoms with Crippen LogP contribution in [0.2, 0.25) is 0 Å². The number of nitrogens with zero attached hydrogens (tertiary/aromatic N) is 3. The summed E-state index contributed by atoms with van der Waals surface area (Å²) in [5, 5.41) is 14.7. The molecule has 0 spiro atoms. The molecular weight excluding hydrogens is 428 g/mol. The summed E-state index contributed by atoms with van der Waals surface area (Å²) in [6.45, 7) is 6.78. The second kappa shape index (κ2) is 9.55. The van der Waals surface area contributed by atoms with E-state index in [-0.39, 0.29) is 11.7 Å². The standard InChI is InChI=1S/C19H22N4O3S3/c1-5-13-8-14(18(25)26-4)17(29-13)20-15(24)10-28-19-22-21-16(23(19)6-2)12-7-11(3)27-9-12/h7-9H,5-6,10H2,1-4H3,(H,20,24). The average molecular weight is 451 g/mol. The summed E-state index contributed by atoms with van der Waals surface area (Å²) in [5.74, 6) is 0.313. The first-order chi connectivity index (χ1) is 14.0. The molecule has 0 aliphatic rings. The minimum Gasteiger partial charge on any atom is -0.465 e. The molecule has 0 aliphatic heterocycles. The molecule has 7 nitrogen and oxygen atoms in total. The van der Waals surface area contributed by atoms with Gasteiger partial charge in [-0.1, -0.05) is 18.7 Å². The number of aromatic nitrogens is 3. The maximum absolute atomic E-state index is 12.5. The van der Waals surface area contributed by atoms with Crippen molar-refractivity contribution in [3.8, 4) is 11.4 Å². The first kappa shape index (κ1) is 21.5. The van der Waals surface area contributed by atoms with Crippen LogP contribution in [0.15, 0.2) is 22.7 Å². The Morgan fingerprint density at radius 1 is 1.28 bits per heavy atom. The Kier molecular flexibility index (Phi) is 7.09. The van der Waals surface area contributed by atoms with Crippen molar-refractivity contribution in [2.45, 2.75) is 38.9 Å². The lowest BCUT2D eigenvalue weighted by Crippen LogP contribution is -2.16. The summed E-state index contributed by atoms with van der Waals surface area (Å²) in [4.78, 5) is 26.7. The van der Waals surface area contributed by atoms with Gasteiger partial charge in [-0.05, 0) is 32.4 Å². The summed E-state index contributed by atoms with van der Waals surface area (Å²) < 4.78 is 6.81. The van der Waals surface area contributed by atoms with Crippen molar-refractivity contribution >= 4 is 51.3 Å². The Hall–Kier alpha value is -2.17. The van der Waals surface area contributed by atoms with Crippen molar-refractivity contribution in [1.29, 1.82) is 0 Å².